The zero-order chi connectivity index (χ0) is 9.42. The summed E-state index contributed by atoms with van der Waals surface area (Å²) in [6.07, 6.45) is 0. The van der Waals surface area contributed by atoms with E-state index < -0.39 is 5.97 Å². The molecule has 2 rings (SSSR count). The van der Waals surface area contributed by atoms with Gasteiger partial charge < -0.3 is 5.11 Å². The van der Waals surface area contributed by atoms with Crippen LogP contribution in [0.15, 0.2) is 23.6 Å². The van der Waals surface area contributed by atoms with Crippen molar-refractivity contribution in [3.8, 4) is 0 Å². The quantitative estimate of drug-likeness (QED) is 0.788. The van der Waals surface area contributed by atoms with Crippen molar-refractivity contribution in [1.82, 2.24) is 0 Å². The molecule has 0 bridgehead atoms. The van der Waals surface area contributed by atoms with Crippen molar-refractivity contribution in [2.24, 2.45) is 0 Å². The smallest absolute Gasteiger partial charge is 0.337 e. The first-order chi connectivity index (χ1) is 6.18. The number of carboxylic acids is 1. The van der Waals surface area contributed by atoms with Gasteiger partial charge in [-0.15, -0.1) is 11.3 Å². The number of aromatic carboxylic acids is 1. The van der Waals surface area contributed by atoms with E-state index in [0.29, 0.717) is 5.02 Å². The van der Waals surface area contributed by atoms with Crippen LogP contribution >= 0.6 is 22.9 Å². The molecule has 0 saturated heterocycles. The van der Waals surface area contributed by atoms with E-state index in [-0.39, 0.29) is 5.56 Å². The highest BCUT2D eigenvalue weighted by Gasteiger charge is 2.09. The standard InChI is InChI=1S/C9H5ClO2S/c10-7-4-8-5(1-2-13-8)3-6(7)9(11)12/h1-4H,(H,11,12). The Bertz CT molecular complexity index is 475. The second-order valence-corrected chi connectivity index (χ2v) is 3.95. The minimum absolute atomic E-state index is 0.160. The van der Waals surface area contributed by atoms with E-state index in [2.05, 4.69) is 0 Å². The van der Waals surface area contributed by atoms with Crippen molar-refractivity contribution >= 4 is 39.0 Å². The van der Waals surface area contributed by atoms with Gasteiger partial charge in [0.25, 0.3) is 0 Å². The highest BCUT2D eigenvalue weighted by molar-refractivity contribution is 7.17. The van der Waals surface area contributed by atoms with Gasteiger partial charge in [-0.3, -0.25) is 0 Å². The number of thiophene rings is 1. The van der Waals surface area contributed by atoms with Gasteiger partial charge in [0.15, 0.2) is 0 Å². The molecular formula is C9H5ClO2S. The third kappa shape index (κ3) is 1.41. The molecule has 0 unspecified atom stereocenters. The van der Waals surface area contributed by atoms with Crippen LogP contribution in [-0.4, -0.2) is 11.1 Å². The number of rotatable bonds is 1. The van der Waals surface area contributed by atoms with Gasteiger partial charge >= 0.3 is 5.97 Å². The minimum Gasteiger partial charge on any atom is -0.478 e. The molecule has 0 fully saturated rings. The topological polar surface area (TPSA) is 37.3 Å². The van der Waals surface area contributed by atoms with Crippen molar-refractivity contribution < 1.29 is 9.90 Å². The zero-order valence-electron chi connectivity index (χ0n) is 6.45. The van der Waals surface area contributed by atoms with Crippen LogP contribution in [-0.2, 0) is 0 Å². The van der Waals surface area contributed by atoms with Gasteiger partial charge in [0.2, 0.25) is 0 Å². The Labute approximate surface area is 83.4 Å². The van der Waals surface area contributed by atoms with Crippen LogP contribution in [0.3, 0.4) is 0 Å². The van der Waals surface area contributed by atoms with Gasteiger partial charge in [-0.1, -0.05) is 11.6 Å². The molecule has 1 N–H and O–H groups in total. The molecule has 13 heavy (non-hydrogen) atoms. The second kappa shape index (κ2) is 3.01. The van der Waals surface area contributed by atoms with E-state index in [0.717, 1.165) is 10.1 Å². The normalized spacial score (nSPS) is 10.5. The van der Waals surface area contributed by atoms with Crippen LogP contribution in [0.25, 0.3) is 10.1 Å². The summed E-state index contributed by atoms with van der Waals surface area (Å²) in [5.74, 6) is -0.988. The Morgan fingerprint density at radius 2 is 2.23 bits per heavy atom. The molecule has 0 aliphatic heterocycles. The second-order valence-electron chi connectivity index (χ2n) is 2.60. The summed E-state index contributed by atoms with van der Waals surface area (Å²) in [4.78, 5) is 10.7. The molecule has 2 nitrogen and oxygen atoms in total. The SMILES string of the molecule is O=C(O)c1cc2ccsc2cc1Cl. The number of hydrogen-bond acceptors (Lipinski definition) is 2. The average molecular weight is 213 g/mol. The number of benzene rings is 1. The molecule has 0 radical (unpaired) electrons. The van der Waals surface area contributed by atoms with Crippen LogP contribution in [0.2, 0.25) is 5.02 Å². The molecule has 0 saturated carbocycles. The summed E-state index contributed by atoms with van der Waals surface area (Å²) in [5.41, 5.74) is 0.160. The van der Waals surface area contributed by atoms with Crippen molar-refractivity contribution in [2.45, 2.75) is 0 Å². The molecule has 0 aliphatic rings. The van der Waals surface area contributed by atoms with Gasteiger partial charge in [0.1, 0.15) is 0 Å². The Balaban J connectivity index is 2.76. The van der Waals surface area contributed by atoms with Crippen LogP contribution < -0.4 is 0 Å². The lowest BCUT2D eigenvalue weighted by Gasteiger charge is -1.97. The minimum atomic E-state index is -0.988. The van der Waals surface area contributed by atoms with E-state index in [9.17, 15) is 4.79 Å². The van der Waals surface area contributed by atoms with E-state index in [4.69, 9.17) is 16.7 Å². The molecule has 0 amide bonds. The van der Waals surface area contributed by atoms with Gasteiger partial charge in [-0.05, 0) is 29.0 Å². The number of halogens is 1. The Hall–Kier alpha value is -1.06. The molecule has 0 spiro atoms. The van der Waals surface area contributed by atoms with E-state index in [1.165, 1.54) is 0 Å². The summed E-state index contributed by atoms with van der Waals surface area (Å²) in [6, 6.07) is 5.16. The summed E-state index contributed by atoms with van der Waals surface area (Å²) < 4.78 is 1.01. The highest BCUT2D eigenvalue weighted by Crippen LogP contribution is 2.27. The summed E-state index contributed by atoms with van der Waals surface area (Å²) in [5, 5.41) is 11.9. The first-order valence-corrected chi connectivity index (χ1v) is 4.84. The van der Waals surface area contributed by atoms with E-state index in [1.807, 2.05) is 11.4 Å². The van der Waals surface area contributed by atoms with Crippen molar-refractivity contribution in [2.75, 3.05) is 0 Å². The average Bonchev–Trinajstić information content (AvgIpc) is 2.48. The number of fused-ring (bicyclic) bond motifs is 1. The van der Waals surface area contributed by atoms with Gasteiger partial charge in [-0.25, -0.2) is 4.79 Å². The fraction of sp³-hybridized carbons (Fsp3) is 0. The summed E-state index contributed by atoms with van der Waals surface area (Å²) in [6.45, 7) is 0. The number of carbonyl (C=O) groups is 1. The zero-order valence-corrected chi connectivity index (χ0v) is 8.02. The van der Waals surface area contributed by atoms with Crippen LogP contribution in [0.4, 0.5) is 0 Å². The lowest BCUT2D eigenvalue weighted by atomic mass is 10.2. The molecule has 0 aliphatic carbocycles. The largest absolute Gasteiger partial charge is 0.478 e. The molecular weight excluding hydrogens is 208 g/mol. The molecule has 1 heterocycles. The molecule has 1 aromatic carbocycles. The van der Waals surface area contributed by atoms with Gasteiger partial charge in [0, 0.05) is 4.70 Å². The fourth-order valence-corrected chi connectivity index (χ4v) is 2.27. The van der Waals surface area contributed by atoms with Gasteiger partial charge in [0.05, 0.1) is 10.6 Å². The Morgan fingerprint density at radius 3 is 2.92 bits per heavy atom. The number of carboxylic acid groups (broad SMARTS) is 1. The number of hydrogen-bond donors (Lipinski definition) is 1. The lowest BCUT2D eigenvalue weighted by molar-refractivity contribution is 0.0697. The van der Waals surface area contributed by atoms with Gasteiger partial charge in [-0.2, -0.15) is 0 Å². The van der Waals surface area contributed by atoms with E-state index in [1.54, 1.807) is 23.5 Å². The third-order valence-electron chi connectivity index (χ3n) is 1.77. The maximum absolute atomic E-state index is 10.7. The summed E-state index contributed by atoms with van der Waals surface area (Å²) in [7, 11) is 0. The van der Waals surface area contributed by atoms with Crippen molar-refractivity contribution in [3.05, 3.63) is 34.2 Å². The van der Waals surface area contributed by atoms with Crippen LogP contribution in [0.1, 0.15) is 10.4 Å². The van der Waals surface area contributed by atoms with Crippen LogP contribution in [0.5, 0.6) is 0 Å². The van der Waals surface area contributed by atoms with Crippen LogP contribution in [0, 0.1) is 0 Å². The van der Waals surface area contributed by atoms with Crippen molar-refractivity contribution in [3.63, 3.8) is 0 Å². The Kier molecular flexibility index (Phi) is 1.98. The summed E-state index contributed by atoms with van der Waals surface area (Å²) >= 11 is 7.33. The first kappa shape index (κ1) is 8.53. The predicted octanol–water partition coefficient (Wildman–Crippen LogP) is 3.25. The molecule has 4 heteroatoms. The molecule has 2 aromatic rings. The maximum Gasteiger partial charge on any atom is 0.337 e. The maximum atomic E-state index is 10.7. The molecule has 66 valence electrons. The van der Waals surface area contributed by atoms with E-state index >= 15 is 0 Å². The monoisotopic (exact) mass is 212 g/mol. The lowest BCUT2D eigenvalue weighted by Crippen LogP contribution is -1.96. The first-order valence-electron chi connectivity index (χ1n) is 3.58. The molecule has 0 atom stereocenters. The highest BCUT2D eigenvalue weighted by atomic mass is 35.5. The Morgan fingerprint density at radius 1 is 1.46 bits per heavy atom. The predicted molar refractivity (Wildman–Crippen MR) is 53.8 cm³/mol. The van der Waals surface area contributed by atoms with Crippen molar-refractivity contribution in [1.29, 1.82) is 0 Å². The fourth-order valence-electron chi connectivity index (χ4n) is 1.15. The third-order valence-corrected chi connectivity index (χ3v) is 2.96. The molecule has 1 aromatic heterocycles.